The molecule has 0 fully saturated rings. The van der Waals surface area contributed by atoms with Crippen LogP contribution in [0.25, 0.3) is 11.0 Å². The fourth-order valence-electron chi connectivity index (χ4n) is 4.46. The molecule has 4 aromatic rings. The molecule has 5 rings (SSSR count). The van der Waals surface area contributed by atoms with Crippen molar-refractivity contribution >= 4 is 16.9 Å². The van der Waals surface area contributed by atoms with Gasteiger partial charge >= 0.3 is 0 Å². The minimum absolute atomic E-state index is 0.0787. The number of nitrogens with zero attached hydrogens (tertiary/aromatic N) is 2. The van der Waals surface area contributed by atoms with Gasteiger partial charge in [0, 0.05) is 18.9 Å². The number of ether oxygens (including phenoxy) is 2. The average molecular weight is 471 g/mol. The van der Waals surface area contributed by atoms with Gasteiger partial charge < -0.3 is 18.8 Å². The Morgan fingerprint density at radius 1 is 1.03 bits per heavy atom. The number of aromatic nitrogens is 1. The Bertz CT molecular complexity index is 1430. The molecule has 1 aliphatic heterocycles. The minimum Gasteiger partial charge on any atom is -0.493 e. The van der Waals surface area contributed by atoms with Crippen LogP contribution in [0.3, 0.4) is 0 Å². The average Bonchev–Trinajstić information content (AvgIpc) is 3.16. The number of carbonyl (C=O) groups is 1. The van der Waals surface area contributed by atoms with E-state index in [1.807, 2.05) is 30.3 Å². The van der Waals surface area contributed by atoms with Crippen LogP contribution in [0.2, 0.25) is 0 Å². The van der Waals surface area contributed by atoms with E-state index in [-0.39, 0.29) is 17.1 Å². The van der Waals surface area contributed by atoms with Crippen LogP contribution in [0.5, 0.6) is 11.5 Å². The van der Waals surface area contributed by atoms with Crippen molar-refractivity contribution in [1.29, 1.82) is 0 Å². The number of unbranched alkanes of at least 4 members (excludes halogenated alkanes) is 1. The lowest BCUT2D eigenvalue weighted by atomic mass is 9.98. The van der Waals surface area contributed by atoms with Gasteiger partial charge in [0.25, 0.3) is 5.91 Å². The van der Waals surface area contributed by atoms with Crippen LogP contribution in [0.1, 0.15) is 53.1 Å². The van der Waals surface area contributed by atoms with Crippen molar-refractivity contribution in [3.63, 3.8) is 0 Å². The second kappa shape index (κ2) is 9.62. The van der Waals surface area contributed by atoms with Crippen molar-refractivity contribution in [1.82, 2.24) is 9.88 Å². The number of fused-ring (bicyclic) bond motifs is 2. The first kappa shape index (κ1) is 22.7. The molecule has 0 bridgehead atoms. The Morgan fingerprint density at radius 2 is 1.83 bits per heavy atom. The maximum absolute atomic E-state index is 13.6. The van der Waals surface area contributed by atoms with Crippen molar-refractivity contribution in [2.75, 3.05) is 13.7 Å². The zero-order valence-corrected chi connectivity index (χ0v) is 19.7. The molecule has 0 spiro atoms. The second-order valence-electron chi connectivity index (χ2n) is 8.47. The predicted octanol–water partition coefficient (Wildman–Crippen LogP) is 5.12. The first-order chi connectivity index (χ1) is 17.1. The van der Waals surface area contributed by atoms with Crippen molar-refractivity contribution in [3.8, 4) is 11.5 Å². The molecule has 0 N–H and O–H groups in total. The molecule has 1 aliphatic rings. The van der Waals surface area contributed by atoms with Gasteiger partial charge in [0.05, 0.1) is 30.7 Å². The maximum Gasteiger partial charge on any atom is 0.291 e. The largest absolute Gasteiger partial charge is 0.493 e. The van der Waals surface area contributed by atoms with E-state index < -0.39 is 6.04 Å². The highest BCUT2D eigenvalue weighted by Crippen LogP contribution is 2.41. The zero-order chi connectivity index (χ0) is 24.4. The molecule has 7 heteroatoms. The van der Waals surface area contributed by atoms with Gasteiger partial charge in [0.15, 0.2) is 16.9 Å². The predicted molar refractivity (Wildman–Crippen MR) is 132 cm³/mol. The summed E-state index contributed by atoms with van der Waals surface area (Å²) in [6, 6.07) is 15.6. The van der Waals surface area contributed by atoms with Crippen LogP contribution in [-0.4, -0.2) is 29.5 Å². The number of amides is 1. The van der Waals surface area contributed by atoms with Gasteiger partial charge in [0.1, 0.15) is 5.58 Å². The third-order valence-electron chi connectivity index (χ3n) is 6.23. The van der Waals surface area contributed by atoms with E-state index in [0.717, 1.165) is 24.0 Å². The third kappa shape index (κ3) is 4.14. The van der Waals surface area contributed by atoms with Gasteiger partial charge in [-0.25, -0.2) is 0 Å². The Kier molecular flexibility index (Phi) is 6.23. The molecule has 0 saturated heterocycles. The molecule has 1 amide bonds. The SMILES string of the molecule is CCCCOc1ccc([C@H]2c3c(oc4ccccc4c3=O)C(=O)N2Cc2ccncc2)cc1OC. The number of carbonyl (C=O) groups excluding carboxylic acids is 1. The molecular weight excluding hydrogens is 444 g/mol. The summed E-state index contributed by atoms with van der Waals surface area (Å²) in [5.41, 5.74) is 2.17. The smallest absolute Gasteiger partial charge is 0.291 e. The summed E-state index contributed by atoms with van der Waals surface area (Å²) in [5, 5.41) is 0.446. The lowest BCUT2D eigenvalue weighted by Gasteiger charge is -2.26. The van der Waals surface area contributed by atoms with Crippen molar-refractivity contribution in [2.24, 2.45) is 0 Å². The summed E-state index contributed by atoms with van der Waals surface area (Å²) < 4.78 is 17.5. The molecule has 7 nitrogen and oxygen atoms in total. The van der Waals surface area contributed by atoms with E-state index in [2.05, 4.69) is 11.9 Å². The Balaban J connectivity index is 1.65. The molecule has 178 valence electrons. The van der Waals surface area contributed by atoms with Crippen LogP contribution >= 0.6 is 0 Å². The first-order valence-electron chi connectivity index (χ1n) is 11.7. The van der Waals surface area contributed by atoms with E-state index in [0.29, 0.717) is 41.2 Å². The highest BCUT2D eigenvalue weighted by molar-refractivity contribution is 5.99. The molecule has 0 unspecified atom stereocenters. The summed E-state index contributed by atoms with van der Waals surface area (Å²) in [6.07, 6.45) is 5.32. The molecule has 35 heavy (non-hydrogen) atoms. The molecule has 0 saturated carbocycles. The molecule has 0 radical (unpaired) electrons. The fourth-order valence-corrected chi connectivity index (χ4v) is 4.46. The topological polar surface area (TPSA) is 81.9 Å². The standard InChI is InChI=1S/C28H26N2O5/c1-3-4-15-34-22-10-9-19(16-23(22)33-2)25-24-26(31)20-7-5-6-8-21(20)35-27(24)28(32)30(25)17-18-11-13-29-14-12-18/h5-14,16,25H,3-4,15,17H2,1-2H3/t25-/m0/s1. The van der Waals surface area contributed by atoms with E-state index in [1.165, 1.54) is 0 Å². The first-order valence-corrected chi connectivity index (χ1v) is 11.7. The van der Waals surface area contributed by atoms with E-state index in [1.54, 1.807) is 48.7 Å². The zero-order valence-electron chi connectivity index (χ0n) is 19.7. The number of hydrogen-bond acceptors (Lipinski definition) is 6. The maximum atomic E-state index is 13.6. The molecule has 2 aromatic carbocycles. The Morgan fingerprint density at radius 3 is 2.60 bits per heavy atom. The van der Waals surface area contributed by atoms with E-state index in [4.69, 9.17) is 13.9 Å². The van der Waals surface area contributed by atoms with Gasteiger partial charge in [-0.3, -0.25) is 14.6 Å². The lowest BCUT2D eigenvalue weighted by molar-refractivity contribution is 0.0714. The van der Waals surface area contributed by atoms with Gasteiger partial charge in [-0.15, -0.1) is 0 Å². The number of para-hydroxylation sites is 1. The van der Waals surface area contributed by atoms with Crippen LogP contribution in [0, 0.1) is 0 Å². The fraction of sp³-hybridized carbons (Fsp3) is 0.250. The number of pyridine rings is 1. The second-order valence-corrected chi connectivity index (χ2v) is 8.47. The normalized spacial score (nSPS) is 14.9. The number of hydrogen-bond donors (Lipinski definition) is 0. The van der Waals surface area contributed by atoms with Crippen molar-refractivity contribution in [3.05, 3.63) is 99.7 Å². The van der Waals surface area contributed by atoms with Crippen LogP contribution in [0.15, 0.2) is 76.2 Å². The molecule has 2 aromatic heterocycles. The highest BCUT2D eigenvalue weighted by Gasteiger charge is 2.43. The van der Waals surface area contributed by atoms with Crippen LogP contribution in [0.4, 0.5) is 0 Å². The van der Waals surface area contributed by atoms with Gasteiger partial charge in [-0.2, -0.15) is 0 Å². The van der Waals surface area contributed by atoms with E-state index >= 15 is 0 Å². The van der Waals surface area contributed by atoms with Gasteiger partial charge in [-0.05, 0) is 53.9 Å². The Hall–Kier alpha value is -4.13. The Labute approximate surface area is 202 Å². The third-order valence-corrected chi connectivity index (χ3v) is 6.23. The summed E-state index contributed by atoms with van der Waals surface area (Å²) in [4.78, 5) is 33.0. The molecule has 1 atom stereocenters. The summed E-state index contributed by atoms with van der Waals surface area (Å²) in [6.45, 7) is 2.98. The number of benzene rings is 2. The summed E-state index contributed by atoms with van der Waals surface area (Å²) >= 11 is 0. The monoisotopic (exact) mass is 470 g/mol. The molecular formula is C28H26N2O5. The van der Waals surface area contributed by atoms with Crippen LogP contribution in [-0.2, 0) is 6.54 Å². The lowest BCUT2D eigenvalue weighted by Crippen LogP contribution is -2.29. The van der Waals surface area contributed by atoms with Gasteiger partial charge in [-0.1, -0.05) is 31.5 Å². The number of rotatable bonds is 8. The quantitative estimate of drug-likeness (QED) is 0.333. The van der Waals surface area contributed by atoms with Gasteiger partial charge in [0.2, 0.25) is 5.76 Å². The van der Waals surface area contributed by atoms with Crippen molar-refractivity contribution in [2.45, 2.75) is 32.4 Å². The van der Waals surface area contributed by atoms with Crippen molar-refractivity contribution < 1.29 is 18.7 Å². The van der Waals surface area contributed by atoms with E-state index in [9.17, 15) is 9.59 Å². The minimum atomic E-state index is -0.634. The summed E-state index contributed by atoms with van der Waals surface area (Å²) in [7, 11) is 1.58. The molecule has 3 heterocycles. The summed E-state index contributed by atoms with van der Waals surface area (Å²) in [5.74, 6) is 0.927. The highest BCUT2D eigenvalue weighted by atomic mass is 16.5. The number of methoxy groups -OCH3 is 1. The van der Waals surface area contributed by atoms with Crippen LogP contribution < -0.4 is 14.9 Å². The molecule has 0 aliphatic carbocycles.